The minimum Gasteiger partial charge on any atom is -0.379 e. The van der Waals surface area contributed by atoms with E-state index in [1.165, 1.54) is 12.8 Å². The van der Waals surface area contributed by atoms with Crippen LogP contribution in [0.25, 0.3) is 0 Å². The summed E-state index contributed by atoms with van der Waals surface area (Å²) in [7, 11) is 0.831. The Kier molecular flexibility index (Phi) is 5.89. The Morgan fingerprint density at radius 2 is 1.91 bits per heavy atom. The highest BCUT2D eigenvalue weighted by Crippen LogP contribution is 2.39. The molecular formula is C15H28O6Si. The number of ether oxygens (including phenoxy) is 3. The lowest BCUT2D eigenvalue weighted by atomic mass is 9.90. The second-order valence-corrected chi connectivity index (χ2v) is 9.40. The van der Waals surface area contributed by atoms with Gasteiger partial charge in [0.05, 0.1) is 25.4 Å². The van der Waals surface area contributed by atoms with E-state index in [2.05, 4.69) is 0 Å². The van der Waals surface area contributed by atoms with Crippen molar-refractivity contribution >= 4 is 8.80 Å². The predicted octanol–water partition coefficient (Wildman–Crippen LogP) is 1.61. The smallest absolute Gasteiger partial charge is 0.379 e. The molecule has 0 bridgehead atoms. The van der Waals surface area contributed by atoms with Crippen molar-refractivity contribution in [2.24, 2.45) is 5.92 Å². The van der Waals surface area contributed by atoms with Gasteiger partial charge in [-0.1, -0.05) is 0 Å². The van der Waals surface area contributed by atoms with Crippen LogP contribution in [-0.4, -0.2) is 67.8 Å². The lowest BCUT2D eigenvalue weighted by Gasteiger charge is -2.29. The summed E-state index contributed by atoms with van der Waals surface area (Å²) in [5.74, 6) is 0.573. The zero-order valence-corrected chi connectivity index (χ0v) is 14.6. The predicted molar refractivity (Wildman–Crippen MR) is 81.7 cm³/mol. The van der Waals surface area contributed by atoms with E-state index in [1.54, 1.807) is 14.2 Å². The summed E-state index contributed by atoms with van der Waals surface area (Å²) in [4.78, 5) is 0. The maximum atomic E-state index is 6.13. The molecule has 1 saturated carbocycles. The van der Waals surface area contributed by atoms with E-state index in [4.69, 9.17) is 27.5 Å². The van der Waals surface area contributed by atoms with Crippen molar-refractivity contribution in [1.82, 2.24) is 0 Å². The second kappa shape index (κ2) is 7.70. The molecule has 3 fully saturated rings. The summed E-state index contributed by atoms with van der Waals surface area (Å²) in [6.45, 7) is 2.95. The van der Waals surface area contributed by atoms with Crippen molar-refractivity contribution in [2.75, 3.05) is 40.6 Å². The van der Waals surface area contributed by atoms with Gasteiger partial charge >= 0.3 is 8.80 Å². The molecule has 22 heavy (non-hydrogen) atoms. The molecule has 0 N–H and O–H groups in total. The Labute approximate surface area is 133 Å². The third-order valence-electron chi connectivity index (χ3n) is 4.75. The highest BCUT2D eigenvalue weighted by Gasteiger charge is 2.45. The lowest BCUT2D eigenvalue weighted by molar-refractivity contribution is 0.0694. The van der Waals surface area contributed by atoms with Crippen molar-refractivity contribution in [2.45, 2.75) is 50.0 Å². The SMILES string of the molecule is CO[Si](CCCOCC1CO1)(OC)OCC1CCC2OC2C1. The first-order valence-corrected chi connectivity index (χ1v) is 10.3. The van der Waals surface area contributed by atoms with E-state index in [9.17, 15) is 0 Å². The largest absolute Gasteiger partial charge is 0.500 e. The highest BCUT2D eigenvalue weighted by molar-refractivity contribution is 6.60. The molecule has 4 unspecified atom stereocenters. The molecule has 0 aromatic carbocycles. The van der Waals surface area contributed by atoms with Crippen LogP contribution in [0.4, 0.5) is 0 Å². The van der Waals surface area contributed by atoms with Crippen molar-refractivity contribution < 1.29 is 27.5 Å². The van der Waals surface area contributed by atoms with E-state index in [0.29, 0.717) is 37.4 Å². The highest BCUT2D eigenvalue weighted by atomic mass is 28.4. The Morgan fingerprint density at radius 3 is 2.59 bits per heavy atom. The Hall–Kier alpha value is -0.0231. The summed E-state index contributed by atoms with van der Waals surface area (Å²) in [6, 6.07) is 0.792. The van der Waals surface area contributed by atoms with Crippen molar-refractivity contribution in [3.63, 3.8) is 0 Å². The molecule has 0 radical (unpaired) electrons. The third-order valence-corrected chi connectivity index (χ3v) is 7.57. The molecular weight excluding hydrogens is 304 g/mol. The van der Waals surface area contributed by atoms with Crippen LogP contribution in [0.1, 0.15) is 25.7 Å². The maximum absolute atomic E-state index is 6.13. The van der Waals surface area contributed by atoms with Crippen LogP contribution in [0, 0.1) is 5.92 Å². The number of fused-ring (bicyclic) bond motifs is 1. The molecule has 1 aliphatic carbocycles. The van der Waals surface area contributed by atoms with Gasteiger partial charge in [-0.2, -0.15) is 0 Å². The second-order valence-electron chi connectivity index (χ2n) is 6.43. The van der Waals surface area contributed by atoms with E-state index >= 15 is 0 Å². The van der Waals surface area contributed by atoms with Gasteiger partial charge < -0.3 is 27.5 Å². The molecule has 3 rings (SSSR count). The number of epoxide rings is 2. The molecule has 0 spiro atoms. The van der Waals surface area contributed by atoms with Crippen molar-refractivity contribution in [3.8, 4) is 0 Å². The van der Waals surface area contributed by atoms with Crippen molar-refractivity contribution in [3.05, 3.63) is 0 Å². The summed E-state index contributed by atoms with van der Waals surface area (Å²) >= 11 is 0. The molecule has 3 aliphatic rings. The van der Waals surface area contributed by atoms with Crippen molar-refractivity contribution in [1.29, 1.82) is 0 Å². The van der Waals surface area contributed by atoms with Gasteiger partial charge in [0, 0.05) is 33.5 Å². The van der Waals surface area contributed by atoms with Gasteiger partial charge in [0.25, 0.3) is 0 Å². The van der Waals surface area contributed by atoms with Gasteiger partial charge in [-0.25, -0.2) is 0 Å². The molecule has 2 heterocycles. The van der Waals surface area contributed by atoms with Crippen LogP contribution in [-0.2, 0) is 27.5 Å². The van der Waals surface area contributed by atoms with Crippen LogP contribution in [0.2, 0.25) is 6.04 Å². The summed E-state index contributed by atoms with van der Waals surface area (Å²) in [6.07, 6.45) is 5.71. The van der Waals surface area contributed by atoms with E-state index in [1.807, 2.05) is 0 Å². The molecule has 6 nitrogen and oxygen atoms in total. The van der Waals surface area contributed by atoms with Crippen LogP contribution in [0.3, 0.4) is 0 Å². The Balaban J connectivity index is 1.34. The molecule has 0 aromatic rings. The first-order valence-electron chi connectivity index (χ1n) is 8.34. The molecule has 128 valence electrons. The minimum atomic E-state index is -2.55. The zero-order chi connectivity index (χ0) is 15.4. The summed E-state index contributed by atoms with van der Waals surface area (Å²) in [5, 5.41) is 0. The first kappa shape index (κ1) is 16.8. The van der Waals surface area contributed by atoms with Crippen LogP contribution >= 0.6 is 0 Å². The number of rotatable bonds is 11. The fraction of sp³-hybridized carbons (Fsp3) is 1.00. The Bertz CT molecular complexity index is 347. The fourth-order valence-corrected chi connectivity index (χ4v) is 5.15. The molecule has 7 heteroatoms. The molecule has 0 aromatic heterocycles. The van der Waals surface area contributed by atoms with E-state index in [0.717, 1.165) is 32.1 Å². The quantitative estimate of drug-likeness (QED) is 0.325. The number of hydrogen-bond donors (Lipinski definition) is 0. The normalized spacial score (nSPS) is 33.5. The Morgan fingerprint density at radius 1 is 1.09 bits per heavy atom. The average Bonchev–Trinajstić information content (AvgIpc) is 3.45. The van der Waals surface area contributed by atoms with E-state index < -0.39 is 8.80 Å². The van der Waals surface area contributed by atoms with Gasteiger partial charge in [0.15, 0.2) is 0 Å². The van der Waals surface area contributed by atoms with E-state index in [-0.39, 0.29) is 0 Å². The zero-order valence-electron chi connectivity index (χ0n) is 13.6. The topological polar surface area (TPSA) is 62.0 Å². The third kappa shape index (κ3) is 4.74. The van der Waals surface area contributed by atoms with Crippen LogP contribution in [0.15, 0.2) is 0 Å². The first-order chi connectivity index (χ1) is 10.7. The maximum Gasteiger partial charge on any atom is 0.500 e. The number of hydrogen-bond acceptors (Lipinski definition) is 6. The summed E-state index contributed by atoms with van der Waals surface area (Å²) in [5.41, 5.74) is 0. The van der Waals surface area contributed by atoms with Crippen LogP contribution in [0.5, 0.6) is 0 Å². The van der Waals surface area contributed by atoms with Gasteiger partial charge in [-0.3, -0.25) is 0 Å². The molecule has 0 amide bonds. The minimum absolute atomic E-state index is 0.322. The van der Waals surface area contributed by atoms with Gasteiger partial charge in [0.1, 0.15) is 6.10 Å². The van der Waals surface area contributed by atoms with Gasteiger partial charge in [-0.15, -0.1) is 0 Å². The average molecular weight is 332 g/mol. The van der Waals surface area contributed by atoms with Crippen LogP contribution < -0.4 is 0 Å². The molecule has 2 aliphatic heterocycles. The van der Waals surface area contributed by atoms with Gasteiger partial charge in [-0.05, 0) is 31.6 Å². The fourth-order valence-electron chi connectivity index (χ4n) is 3.13. The standard InChI is InChI=1S/C15H28O6Si/c1-16-22(17-2,7-3-6-18-10-13-11-19-13)20-9-12-4-5-14-15(8-12)21-14/h12-15H,3-11H2,1-2H3. The molecule has 2 saturated heterocycles. The monoisotopic (exact) mass is 332 g/mol. The summed E-state index contributed by atoms with van der Waals surface area (Å²) < 4.78 is 33.7. The lowest BCUT2D eigenvalue weighted by Crippen LogP contribution is -2.45. The molecule has 4 atom stereocenters. The van der Waals surface area contributed by atoms with Gasteiger partial charge in [0.2, 0.25) is 0 Å².